The van der Waals surface area contributed by atoms with Crippen LogP contribution in [-0.4, -0.2) is 25.9 Å². The van der Waals surface area contributed by atoms with Crippen LogP contribution in [0.2, 0.25) is 5.02 Å². The van der Waals surface area contributed by atoms with E-state index in [2.05, 4.69) is 5.32 Å². The maximum Gasteiger partial charge on any atom is 0.260 e. The van der Waals surface area contributed by atoms with E-state index in [1.807, 2.05) is 50.2 Å². The first-order valence-electron chi connectivity index (χ1n) is 9.00. The number of fused-ring (bicyclic) bond motifs is 3. The fourth-order valence-corrected chi connectivity index (χ4v) is 3.52. The molecule has 7 heteroatoms. The van der Waals surface area contributed by atoms with E-state index in [0.717, 1.165) is 11.1 Å². The summed E-state index contributed by atoms with van der Waals surface area (Å²) in [6.07, 6.45) is 0. The van der Waals surface area contributed by atoms with Gasteiger partial charge in [0.15, 0.2) is 0 Å². The minimum Gasteiger partial charge on any atom is -0.352 e. The zero-order valence-corrected chi connectivity index (χ0v) is 16.3. The van der Waals surface area contributed by atoms with Crippen LogP contribution in [0.4, 0.5) is 0 Å². The molecule has 2 aromatic heterocycles. The Morgan fingerprint density at radius 1 is 1.11 bits per heavy atom. The molecule has 0 aliphatic rings. The Bertz CT molecular complexity index is 1260. The Morgan fingerprint density at radius 2 is 1.86 bits per heavy atom. The Labute approximate surface area is 166 Å². The van der Waals surface area contributed by atoms with E-state index < -0.39 is 0 Å². The van der Waals surface area contributed by atoms with Crippen LogP contribution >= 0.6 is 11.6 Å². The second-order valence-corrected chi connectivity index (χ2v) is 7.36. The standard InChI is InChI=1S/C21H19ClN4O2/c1-13(2)23-19(27)12-25-17-8-3-4-9-18(17)26-20(28)11-16(24-21(25)26)14-6-5-7-15(22)10-14/h3-11,13H,12H2,1-2H3,(H,23,27). The third kappa shape index (κ3) is 3.27. The summed E-state index contributed by atoms with van der Waals surface area (Å²) in [6, 6.07) is 16.2. The third-order valence-corrected chi connectivity index (χ3v) is 4.66. The van der Waals surface area contributed by atoms with E-state index >= 15 is 0 Å². The van der Waals surface area contributed by atoms with Crippen LogP contribution in [0.1, 0.15) is 13.8 Å². The average molecular weight is 395 g/mol. The van der Waals surface area contributed by atoms with Gasteiger partial charge in [-0.1, -0.05) is 35.9 Å². The molecule has 142 valence electrons. The summed E-state index contributed by atoms with van der Waals surface area (Å²) < 4.78 is 3.30. The summed E-state index contributed by atoms with van der Waals surface area (Å²) in [5, 5.41) is 3.45. The molecule has 2 heterocycles. The molecule has 0 aliphatic heterocycles. The molecule has 0 saturated carbocycles. The van der Waals surface area contributed by atoms with Gasteiger partial charge in [-0.3, -0.25) is 9.59 Å². The molecule has 0 bridgehead atoms. The zero-order chi connectivity index (χ0) is 19.8. The maximum atomic E-state index is 12.9. The van der Waals surface area contributed by atoms with Crippen molar-refractivity contribution in [2.24, 2.45) is 0 Å². The molecule has 1 amide bonds. The van der Waals surface area contributed by atoms with E-state index in [4.69, 9.17) is 16.6 Å². The maximum absolute atomic E-state index is 12.9. The Balaban J connectivity index is 1.97. The summed E-state index contributed by atoms with van der Waals surface area (Å²) in [4.78, 5) is 30.1. The molecule has 4 rings (SSSR count). The number of para-hydroxylation sites is 2. The topological polar surface area (TPSA) is 68.4 Å². The fraction of sp³-hybridized carbons (Fsp3) is 0.190. The Morgan fingerprint density at radius 3 is 2.57 bits per heavy atom. The second kappa shape index (κ2) is 7.13. The molecule has 0 radical (unpaired) electrons. The van der Waals surface area contributed by atoms with Gasteiger partial charge in [-0.05, 0) is 38.1 Å². The van der Waals surface area contributed by atoms with Gasteiger partial charge in [-0.15, -0.1) is 0 Å². The number of benzene rings is 2. The summed E-state index contributed by atoms with van der Waals surface area (Å²) in [5.41, 5.74) is 2.54. The lowest BCUT2D eigenvalue weighted by atomic mass is 10.1. The number of hydrogen-bond donors (Lipinski definition) is 1. The first kappa shape index (κ1) is 18.3. The van der Waals surface area contributed by atoms with E-state index in [-0.39, 0.29) is 24.1 Å². The number of aromatic nitrogens is 3. The van der Waals surface area contributed by atoms with Gasteiger partial charge < -0.3 is 9.88 Å². The van der Waals surface area contributed by atoms with Crippen molar-refractivity contribution in [1.82, 2.24) is 19.3 Å². The quantitative estimate of drug-likeness (QED) is 0.576. The first-order chi connectivity index (χ1) is 13.4. The molecule has 0 unspecified atom stereocenters. The van der Waals surface area contributed by atoms with Crippen molar-refractivity contribution >= 4 is 34.3 Å². The predicted octanol–water partition coefficient (Wildman–Crippen LogP) is 3.49. The van der Waals surface area contributed by atoms with E-state index in [0.29, 0.717) is 22.0 Å². The number of amides is 1. The van der Waals surface area contributed by atoms with E-state index in [9.17, 15) is 9.59 Å². The highest BCUT2D eigenvalue weighted by Crippen LogP contribution is 2.23. The molecule has 0 aliphatic carbocycles. The number of carbonyl (C=O) groups is 1. The van der Waals surface area contributed by atoms with E-state index in [1.165, 1.54) is 10.5 Å². The van der Waals surface area contributed by atoms with Gasteiger partial charge in [0.05, 0.1) is 16.7 Å². The van der Waals surface area contributed by atoms with Crippen LogP contribution in [0.25, 0.3) is 28.1 Å². The Kier molecular flexibility index (Phi) is 4.65. The number of hydrogen-bond acceptors (Lipinski definition) is 3. The molecule has 1 N–H and O–H groups in total. The van der Waals surface area contributed by atoms with Gasteiger partial charge in [0.2, 0.25) is 11.7 Å². The molecule has 0 atom stereocenters. The Hall–Kier alpha value is -3.12. The number of halogens is 1. The zero-order valence-electron chi connectivity index (χ0n) is 15.5. The lowest BCUT2D eigenvalue weighted by Crippen LogP contribution is -2.33. The van der Waals surface area contributed by atoms with Gasteiger partial charge in [-0.2, -0.15) is 0 Å². The van der Waals surface area contributed by atoms with Crippen LogP contribution in [-0.2, 0) is 11.3 Å². The molecular formula is C21H19ClN4O2. The van der Waals surface area contributed by atoms with Crippen LogP contribution in [0, 0.1) is 0 Å². The van der Waals surface area contributed by atoms with Crippen molar-refractivity contribution in [3.8, 4) is 11.3 Å². The van der Waals surface area contributed by atoms with Crippen molar-refractivity contribution in [2.75, 3.05) is 0 Å². The average Bonchev–Trinajstić information content (AvgIpc) is 2.95. The SMILES string of the molecule is CC(C)NC(=O)Cn1c2ccccc2n2c(=O)cc(-c3cccc(Cl)c3)nc12. The van der Waals surface area contributed by atoms with Crippen molar-refractivity contribution in [1.29, 1.82) is 0 Å². The van der Waals surface area contributed by atoms with Crippen LogP contribution in [0.3, 0.4) is 0 Å². The van der Waals surface area contributed by atoms with Crippen LogP contribution in [0.15, 0.2) is 59.4 Å². The van der Waals surface area contributed by atoms with Gasteiger partial charge in [0.1, 0.15) is 6.54 Å². The first-order valence-corrected chi connectivity index (χ1v) is 9.38. The highest BCUT2D eigenvalue weighted by Gasteiger charge is 2.17. The largest absolute Gasteiger partial charge is 0.352 e. The molecule has 28 heavy (non-hydrogen) atoms. The lowest BCUT2D eigenvalue weighted by molar-refractivity contribution is -0.122. The minimum absolute atomic E-state index is 0.0262. The fourth-order valence-electron chi connectivity index (χ4n) is 3.33. The molecule has 2 aromatic carbocycles. The van der Waals surface area contributed by atoms with Crippen LogP contribution < -0.4 is 10.9 Å². The number of rotatable bonds is 4. The van der Waals surface area contributed by atoms with Crippen LogP contribution in [0.5, 0.6) is 0 Å². The van der Waals surface area contributed by atoms with Gasteiger partial charge >= 0.3 is 0 Å². The molecule has 0 spiro atoms. The van der Waals surface area contributed by atoms with Crippen molar-refractivity contribution in [3.05, 3.63) is 70.0 Å². The summed E-state index contributed by atoms with van der Waals surface area (Å²) in [5.74, 6) is 0.281. The normalized spacial score (nSPS) is 11.4. The van der Waals surface area contributed by atoms with Crippen molar-refractivity contribution in [2.45, 2.75) is 26.4 Å². The minimum atomic E-state index is -0.209. The van der Waals surface area contributed by atoms with Gasteiger partial charge in [0, 0.05) is 22.7 Å². The number of nitrogens with zero attached hydrogens (tertiary/aromatic N) is 3. The molecule has 0 saturated heterocycles. The summed E-state index contributed by atoms with van der Waals surface area (Å²) >= 11 is 6.10. The van der Waals surface area contributed by atoms with Gasteiger partial charge in [-0.25, -0.2) is 9.38 Å². The highest BCUT2D eigenvalue weighted by atomic mass is 35.5. The smallest absolute Gasteiger partial charge is 0.260 e. The number of nitrogens with one attached hydrogen (secondary N) is 1. The van der Waals surface area contributed by atoms with Gasteiger partial charge in [0.25, 0.3) is 5.56 Å². The van der Waals surface area contributed by atoms with Crippen molar-refractivity contribution < 1.29 is 4.79 Å². The molecule has 0 fully saturated rings. The molecule has 4 aromatic rings. The highest BCUT2D eigenvalue weighted by molar-refractivity contribution is 6.30. The summed E-state index contributed by atoms with van der Waals surface area (Å²) in [6.45, 7) is 3.88. The molecular weight excluding hydrogens is 376 g/mol. The molecule has 6 nitrogen and oxygen atoms in total. The van der Waals surface area contributed by atoms with E-state index in [1.54, 1.807) is 16.7 Å². The number of imidazole rings is 1. The lowest BCUT2D eigenvalue weighted by Gasteiger charge is -2.10. The number of carbonyl (C=O) groups excluding carboxylic acids is 1. The monoisotopic (exact) mass is 394 g/mol. The van der Waals surface area contributed by atoms with Crippen molar-refractivity contribution in [3.63, 3.8) is 0 Å². The summed E-state index contributed by atoms with van der Waals surface area (Å²) in [7, 11) is 0. The predicted molar refractivity (Wildman–Crippen MR) is 111 cm³/mol. The second-order valence-electron chi connectivity index (χ2n) is 6.92. The third-order valence-electron chi connectivity index (χ3n) is 4.43.